The lowest BCUT2D eigenvalue weighted by Crippen LogP contribution is -2.14. The van der Waals surface area contributed by atoms with Crippen molar-refractivity contribution in [2.45, 2.75) is 37.0 Å². The van der Waals surface area contributed by atoms with Gasteiger partial charge >= 0.3 is 0 Å². The SMILES string of the molecule is O=C(CC1CCCC1)Nc1ccc(S)cc1. The summed E-state index contributed by atoms with van der Waals surface area (Å²) in [6, 6.07) is 7.53. The summed E-state index contributed by atoms with van der Waals surface area (Å²) in [5.41, 5.74) is 0.862. The van der Waals surface area contributed by atoms with Gasteiger partial charge in [0.2, 0.25) is 5.91 Å². The molecule has 0 heterocycles. The molecular weight excluding hydrogens is 218 g/mol. The zero-order chi connectivity index (χ0) is 11.4. The Kier molecular flexibility index (Phi) is 3.88. The monoisotopic (exact) mass is 235 g/mol. The highest BCUT2D eigenvalue weighted by molar-refractivity contribution is 7.80. The van der Waals surface area contributed by atoms with E-state index in [-0.39, 0.29) is 5.91 Å². The van der Waals surface area contributed by atoms with Crippen molar-refractivity contribution in [3.8, 4) is 0 Å². The van der Waals surface area contributed by atoms with Gasteiger partial charge in [-0.2, -0.15) is 0 Å². The molecule has 0 bridgehead atoms. The lowest BCUT2D eigenvalue weighted by atomic mass is 10.0. The third-order valence-corrected chi connectivity index (χ3v) is 3.40. The molecule has 0 unspecified atom stereocenters. The maximum atomic E-state index is 11.7. The van der Waals surface area contributed by atoms with Gasteiger partial charge in [-0.1, -0.05) is 12.8 Å². The largest absolute Gasteiger partial charge is 0.326 e. The number of hydrogen-bond donors (Lipinski definition) is 2. The van der Waals surface area contributed by atoms with Gasteiger partial charge in [0.15, 0.2) is 0 Å². The van der Waals surface area contributed by atoms with Crippen molar-refractivity contribution in [3.05, 3.63) is 24.3 Å². The predicted molar refractivity (Wildman–Crippen MR) is 68.9 cm³/mol. The van der Waals surface area contributed by atoms with Gasteiger partial charge in [-0.3, -0.25) is 4.79 Å². The van der Waals surface area contributed by atoms with Crippen LogP contribution in [0.2, 0.25) is 0 Å². The van der Waals surface area contributed by atoms with Crippen LogP contribution in [0.15, 0.2) is 29.2 Å². The van der Waals surface area contributed by atoms with Gasteiger partial charge < -0.3 is 5.32 Å². The summed E-state index contributed by atoms with van der Waals surface area (Å²) in [5.74, 6) is 0.739. The zero-order valence-corrected chi connectivity index (χ0v) is 10.2. The molecule has 1 aliphatic carbocycles. The van der Waals surface area contributed by atoms with E-state index in [0.29, 0.717) is 12.3 Å². The van der Waals surface area contributed by atoms with Crippen LogP contribution in [0.4, 0.5) is 5.69 Å². The van der Waals surface area contributed by atoms with Crippen LogP contribution in [0.5, 0.6) is 0 Å². The fourth-order valence-corrected chi connectivity index (χ4v) is 2.38. The summed E-state index contributed by atoms with van der Waals surface area (Å²) >= 11 is 4.20. The van der Waals surface area contributed by atoms with E-state index in [0.717, 1.165) is 10.6 Å². The third kappa shape index (κ3) is 3.27. The molecule has 3 heteroatoms. The first-order valence-electron chi connectivity index (χ1n) is 5.83. The lowest BCUT2D eigenvalue weighted by molar-refractivity contribution is -0.117. The van der Waals surface area contributed by atoms with E-state index in [9.17, 15) is 4.79 Å². The Labute approximate surface area is 102 Å². The lowest BCUT2D eigenvalue weighted by Gasteiger charge is -2.09. The smallest absolute Gasteiger partial charge is 0.224 e. The number of nitrogens with one attached hydrogen (secondary N) is 1. The maximum Gasteiger partial charge on any atom is 0.224 e. The molecule has 1 fully saturated rings. The van der Waals surface area contributed by atoms with E-state index in [4.69, 9.17) is 0 Å². The topological polar surface area (TPSA) is 29.1 Å². The number of amides is 1. The molecule has 0 radical (unpaired) electrons. The van der Waals surface area contributed by atoms with Crippen LogP contribution >= 0.6 is 12.6 Å². The number of carbonyl (C=O) groups is 1. The number of anilines is 1. The molecule has 2 nitrogen and oxygen atoms in total. The van der Waals surface area contributed by atoms with Crippen molar-refractivity contribution < 1.29 is 4.79 Å². The second-order valence-electron chi connectivity index (χ2n) is 4.45. The Morgan fingerprint density at radius 3 is 2.50 bits per heavy atom. The fourth-order valence-electron chi connectivity index (χ4n) is 2.23. The Bertz CT molecular complexity index is 355. The molecular formula is C13H17NOS. The van der Waals surface area contributed by atoms with Crippen molar-refractivity contribution in [2.75, 3.05) is 5.32 Å². The molecule has 0 aliphatic heterocycles. The molecule has 0 aromatic heterocycles. The molecule has 1 aromatic carbocycles. The van der Waals surface area contributed by atoms with E-state index in [1.165, 1.54) is 25.7 Å². The Hall–Kier alpha value is -0.960. The molecule has 1 amide bonds. The van der Waals surface area contributed by atoms with Gasteiger partial charge in [0, 0.05) is 17.0 Å². The second kappa shape index (κ2) is 5.39. The third-order valence-electron chi connectivity index (χ3n) is 3.10. The summed E-state index contributed by atoms with van der Waals surface area (Å²) in [7, 11) is 0. The van der Waals surface area contributed by atoms with Crippen LogP contribution in [0.1, 0.15) is 32.1 Å². The van der Waals surface area contributed by atoms with E-state index in [1.54, 1.807) is 0 Å². The predicted octanol–water partition coefficient (Wildman–Crippen LogP) is 3.49. The number of thiol groups is 1. The molecule has 86 valence electrons. The van der Waals surface area contributed by atoms with Gasteiger partial charge in [-0.05, 0) is 43.0 Å². The quantitative estimate of drug-likeness (QED) is 0.771. The Morgan fingerprint density at radius 2 is 1.88 bits per heavy atom. The average molecular weight is 235 g/mol. The van der Waals surface area contributed by atoms with Gasteiger partial charge in [0.25, 0.3) is 0 Å². The highest BCUT2D eigenvalue weighted by atomic mass is 32.1. The number of rotatable bonds is 3. The first kappa shape index (κ1) is 11.5. The van der Waals surface area contributed by atoms with Gasteiger partial charge in [-0.15, -0.1) is 12.6 Å². The van der Waals surface area contributed by atoms with Crippen molar-refractivity contribution in [1.29, 1.82) is 0 Å². The normalized spacial score (nSPS) is 16.3. The summed E-state index contributed by atoms with van der Waals surface area (Å²) in [4.78, 5) is 12.6. The molecule has 0 saturated heterocycles. The first-order valence-corrected chi connectivity index (χ1v) is 6.27. The molecule has 0 spiro atoms. The van der Waals surface area contributed by atoms with Gasteiger partial charge in [-0.25, -0.2) is 0 Å². The van der Waals surface area contributed by atoms with E-state index in [2.05, 4.69) is 17.9 Å². The van der Waals surface area contributed by atoms with Crippen LogP contribution in [0, 0.1) is 5.92 Å². The van der Waals surface area contributed by atoms with Crippen LogP contribution < -0.4 is 5.32 Å². The first-order chi connectivity index (χ1) is 7.74. The summed E-state index contributed by atoms with van der Waals surface area (Å²) in [5, 5.41) is 2.92. The molecule has 1 saturated carbocycles. The Balaban J connectivity index is 1.84. The maximum absolute atomic E-state index is 11.7. The summed E-state index contributed by atoms with van der Waals surface area (Å²) in [6.07, 6.45) is 5.66. The van der Waals surface area contributed by atoms with Crippen molar-refractivity contribution in [1.82, 2.24) is 0 Å². The molecule has 1 aliphatic rings. The minimum atomic E-state index is 0.138. The van der Waals surface area contributed by atoms with Crippen molar-refractivity contribution in [3.63, 3.8) is 0 Å². The molecule has 16 heavy (non-hydrogen) atoms. The van der Waals surface area contributed by atoms with Gasteiger partial charge in [0.05, 0.1) is 0 Å². The molecule has 1 aromatic rings. The number of hydrogen-bond acceptors (Lipinski definition) is 2. The highest BCUT2D eigenvalue weighted by Crippen LogP contribution is 2.27. The number of benzene rings is 1. The van der Waals surface area contributed by atoms with Crippen molar-refractivity contribution >= 4 is 24.2 Å². The minimum absolute atomic E-state index is 0.138. The fraction of sp³-hybridized carbons (Fsp3) is 0.462. The summed E-state index contributed by atoms with van der Waals surface area (Å²) in [6.45, 7) is 0. The van der Waals surface area contributed by atoms with Crippen molar-refractivity contribution in [2.24, 2.45) is 5.92 Å². The Morgan fingerprint density at radius 1 is 1.25 bits per heavy atom. The standard InChI is InChI=1S/C13H17NOS/c15-13(9-10-3-1-2-4-10)14-11-5-7-12(16)8-6-11/h5-8,10,16H,1-4,9H2,(H,14,15). The zero-order valence-electron chi connectivity index (χ0n) is 9.28. The number of carbonyl (C=O) groups excluding carboxylic acids is 1. The van der Waals surface area contributed by atoms with E-state index in [1.807, 2.05) is 24.3 Å². The van der Waals surface area contributed by atoms with E-state index < -0.39 is 0 Å². The van der Waals surface area contributed by atoms with Crippen LogP contribution in [-0.2, 0) is 4.79 Å². The second-order valence-corrected chi connectivity index (χ2v) is 4.97. The van der Waals surface area contributed by atoms with Gasteiger partial charge in [0.1, 0.15) is 0 Å². The minimum Gasteiger partial charge on any atom is -0.326 e. The van der Waals surface area contributed by atoms with Crippen LogP contribution in [0.25, 0.3) is 0 Å². The van der Waals surface area contributed by atoms with E-state index >= 15 is 0 Å². The highest BCUT2D eigenvalue weighted by Gasteiger charge is 2.18. The summed E-state index contributed by atoms with van der Waals surface area (Å²) < 4.78 is 0. The van der Waals surface area contributed by atoms with Crippen LogP contribution in [0.3, 0.4) is 0 Å². The molecule has 2 rings (SSSR count). The molecule has 1 N–H and O–H groups in total. The molecule has 0 atom stereocenters. The average Bonchev–Trinajstić information content (AvgIpc) is 2.74. The van der Waals surface area contributed by atoms with Crippen LogP contribution in [-0.4, -0.2) is 5.91 Å².